The molecule has 104 valence electrons. The summed E-state index contributed by atoms with van der Waals surface area (Å²) in [5, 5.41) is 11.7. The SMILES string of the molecule is CC(C)[NH+]1Cc2ccccc2-n2cccc2[C@H]1C(=O)[O-]. The Bertz CT molecular complexity index is 645. The van der Waals surface area contributed by atoms with Crippen molar-refractivity contribution in [3.8, 4) is 5.69 Å². The smallest absolute Gasteiger partial charge is 0.169 e. The quantitative estimate of drug-likeness (QED) is 0.840. The summed E-state index contributed by atoms with van der Waals surface area (Å²) >= 11 is 0. The fraction of sp³-hybridized carbons (Fsp3) is 0.312. The van der Waals surface area contributed by atoms with Crippen LogP contribution in [0.5, 0.6) is 0 Å². The molecule has 0 radical (unpaired) electrons. The number of nitrogens with zero attached hydrogens (tertiary/aromatic N) is 1. The first-order valence-corrected chi connectivity index (χ1v) is 6.91. The van der Waals surface area contributed by atoms with E-state index in [-0.39, 0.29) is 6.04 Å². The number of para-hydroxylation sites is 1. The Hall–Kier alpha value is -2.07. The molecule has 1 aliphatic rings. The van der Waals surface area contributed by atoms with Crippen molar-refractivity contribution in [3.63, 3.8) is 0 Å². The second kappa shape index (κ2) is 4.80. The number of quaternary nitrogens is 1. The molecule has 1 aromatic heterocycles. The lowest BCUT2D eigenvalue weighted by atomic mass is 10.1. The third-order valence-corrected chi connectivity index (χ3v) is 4.07. The van der Waals surface area contributed by atoms with Gasteiger partial charge in [-0.25, -0.2) is 0 Å². The highest BCUT2D eigenvalue weighted by Gasteiger charge is 2.34. The van der Waals surface area contributed by atoms with Crippen LogP contribution in [0, 0.1) is 0 Å². The molecule has 4 nitrogen and oxygen atoms in total. The molecular formula is C16H18N2O2. The maximum absolute atomic E-state index is 11.7. The minimum Gasteiger partial charge on any atom is -0.544 e. The summed E-state index contributed by atoms with van der Waals surface area (Å²) in [4.78, 5) is 12.7. The molecule has 3 rings (SSSR count). The number of carbonyl (C=O) groups is 1. The van der Waals surface area contributed by atoms with Gasteiger partial charge in [-0.3, -0.25) is 0 Å². The minimum absolute atomic E-state index is 0.201. The first-order valence-electron chi connectivity index (χ1n) is 6.91. The standard InChI is InChI=1S/C16H18N2O2/c1-11(2)18-10-12-6-3-4-7-13(12)17-9-5-8-14(17)15(18)16(19)20/h3-9,11,15H,10H2,1-2H3,(H,19,20)/t15-/m0/s1. The molecule has 1 N–H and O–H groups in total. The number of carboxylic acids is 1. The van der Waals surface area contributed by atoms with Crippen LogP contribution in [-0.4, -0.2) is 16.6 Å². The maximum atomic E-state index is 11.7. The average Bonchev–Trinajstić information content (AvgIpc) is 2.82. The summed E-state index contributed by atoms with van der Waals surface area (Å²) in [5.74, 6) is -1.01. The third kappa shape index (κ3) is 1.93. The topological polar surface area (TPSA) is 49.5 Å². The lowest BCUT2D eigenvalue weighted by molar-refractivity contribution is -0.958. The van der Waals surface area contributed by atoms with Crippen LogP contribution in [0.25, 0.3) is 5.69 Å². The molecule has 0 aliphatic carbocycles. The van der Waals surface area contributed by atoms with Crippen LogP contribution in [0.15, 0.2) is 42.6 Å². The molecule has 2 heterocycles. The van der Waals surface area contributed by atoms with Crippen molar-refractivity contribution in [1.29, 1.82) is 0 Å². The van der Waals surface area contributed by atoms with Crippen molar-refractivity contribution in [3.05, 3.63) is 53.9 Å². The van der Waals surface area contributed by atoms with Crippen LogP contribution in [0.4, 0.5) is 0 Å². The van der Waals surface area contributed by atoms with Gasteiger partial charge in [0.05, 0.1) is 17.4 Å². The van der Waals surface area contributed by atoms with Crippen LogP contribution >= 0.6 is 0 Å². The zero-order chi connectivity index (χ0) is 14.3. The molecule has 0 spiro atoms. The summed E-state index contributed by atoms with van der Waals surface area (Å²) in [6.45, 7) is 4.78. The summed E-state index contributed by atoms with van der Waals surface area (Å²) in [7, 11) is 0. The lowest BCUT2D eigenvalue weighted by Crippen LogP contribution is -3.15. The van der Waals surface area contributed by atoms with E-state index >= 15 is 0 Å². The van der Waals surface area contributed by atoms with Crippen molar-refractivity contribution in [2.75, 3.05) is 0 Å². The van der Waals surface area contributed by atoms with Gasteiger partial charge in [0, 0.05) is 11.8 Å². The molecule has 0 bridgehead atoms. The Kier molecular flexibility index (Phi) is 3.10. The monoisotopic (exact) mass is 270 g/mol. The molecule has 2 atom stereocenters. The van der Waals surface area contributed by atoms with E-state index in [1.165, 1.54) is 0 Å². The van der Waals surface area contributed by atoms with Gasteiger partial charge < -0.3 is 19.4 Å². The fourth-order valence-corrected chi connectivity index (χ4v) is 3.07. The van der Waals surface area contributed by atoms with Gasteiger partial charge in [-0.15, -0.1) is 0 Å². The Balaban J connectivity index is 2.24. The Morgan fingerprint density at radius 3 is 2.75 bits per heavy atom. The molecule has 20 heavy (non-hydrogen) atoms. The summed E-state index contributed by atoms with van der Waals surface area (Å²) in [5.41, 5.74) is 3.02. The molecule has 1 aliphatic heterocycles. The van der Waals surface area contributed by atoms with E-state index < -0.39 is 12.0 Å². The predicted octanol–water partition coefficient (Wildman–Crippen LogP) is 0.0752. The Morgan fingerprint density at radius 2 is 2.05 bits per heavy atom. The molecule has 0 saturated heterocycles. The van der Waals surface area contributed by atoms with Gasteiger partial charge in [0.2, 0.25) is 0 Å². The number of rotatable bonds is 2. The third-order valence-electron chi connectivity index (χ3n) is 4.07. The van der Waals surface area contributed by atoms with Crippen molar-refractivity contribution in [2.45, 2.75) is 32.5 Å². The predicted molar refractivity (Wildman–Crippen MR) is 73.3 cm³/mol. The number of fused-ring (bicyclic) bond motifs is 3. The highest BCUT2D eigenvalue weighted by molar-refractivity contribution is 5.72. The summed E-state index contributed by atoms with van der Waals surface area (Å²) < 4.78 is 1.98. The van der Waals surface area contributed by atoms with E-state index in [1.807, 2.05) is 54.9 Å². The molecule has 4 heteroatoms. The lowest BCUT2D eigenvalue weighted by Gasteiger charge is -2.30. The van der Waals surface area contributed by atoms with E-state index in [4.69, 9.17) is 0 Å². The highest BCUT2D eigenvalue weighted by atomic mass is 16.4. The number of carbonyl (C=O) groups excluding carboxylic acids is 1. The molecular weight excluding hydrogens is 252 g/mol. The fourth-order valence-electron chi connectivity index (χ4n) is 3.07. The molecule has 1 unspecified atom stereocenters. The summed E-state index contributed by atoms with van der Waals surface area (Å²) in [6.07, 6.45) is 1.92. The second-order valence-corrected chi connectivity index (χ2v) is 5.59. The van der Waals surface area contributed by atoms with Gasteiger partial charge in [0.25, 0.3) is 0 Å². The number of nitrogens with one attached hydrogen (secondary N) is 1. The van der Waals surface area contributed by atoms with Gasteiger partial charge in [0.15, 0.2) is 6.04 Å². The van der Waals surface area contributed by atoms with Crippen molar-refractivity contribution < 1.29 is 14.8 Å². The first kappa shape index (κ1) is 12.9. The zero-order valence-electron chi connectivity index (χ0n) is 11.7. The second-order valence-electron chi connectivity index (χ2n) is 5.59. The molecule has 0 saturated carbocycles. The van der Waals surface area contributed by atoms with Gasteiger partial charge in [0.1, 0.15) is 12.5 Å². The van der Waals surface area contributed by atoms with Crippen LogP contribution in [0.1, 0.15) is 31.1 Å². The largest absolute Gasteiger partial charge is 0.544 e. The molecule has 0 fully saturated rings. The van der Waals surface area contributed by atoms with Crippen molar-refractivity contribution in [1.82, 2.24) is 4.57 Å². The number of carboxylic acid groups (broad SMARTS) is 1. The number of aromatic nitrogens is 1. The number of aliphatic carboxylic acids is 1. The Morgan fingerprint density at radius 1 is 1.30 bits per heavy atom. The van der Waals surface area contributed by atoms with Gasteiger partial charge in [-0.2, -0.15) is 0 Å². The van der Waals surface area contributed by atoms with Gasteiger partial charge >= 0.3 is 0 Å². The molecule has 1 aromatic carbocycles. The van der Waals surface area contributed by atoms with E-state index in [9.17, 15) is 9.90 Å². The van der Waals surface area contributed by atoms with E-state index in [0.717, 1.165) is 21.8 Å². The number of benzene rings is 1. The highest BCUT2D eigenvalue weighted by Crippen LogP contribution is 2.23. The van der Waals surface area contributed by atoms with E-state index in [2.05, 4.69) is 6.07 Å². The maximum Gasteiger partial charge on any atom is 0.169 e. The van der Waals surface area contributed by atoms with Crippen LogP contribution in [0.2, 0.25) is 0 Å². The Labute approximate surface area is 118 Å². The van der Waals surface area contributed by atoms with Crippen LogP contribution in [0.3, 0.4) is 0 Å². The van der Waals surface area contributed by atoms with Gasteiger partial charge in [-0.1, -0.05) is 18.2 Å². The molecule has 0 amide bonds. The summed E-state index contributed by atoms with van der Waals surface area (Å²) in [6, 6.07) is 11.4. The number of hydrogen-bond donors (Lipinski definition) is 1. The van der Waals surface area contributed by atoms with Gasteiger partial charge in [-0.05, 0) is 32.0 Å². The minimum atomic E-state index is -1.01. The van der Waals surface area contributed by atoms with Crippen molar-refractivity contribution >= 4 is 5.97 Å². The van der Waals surface area contributed by atoms with Crippen LogP contribution in [-0.2, 0) is 11.3 Å². The zero-order valence-corrected chi connectivity index (χ0v) is 11.7. The van der Waals surface area contributed by atoms with E-state index in [1.54, 1.807) is 0 Å². The number of hydrogen-bond acceptors (Lipinski definition) is 2. The van der Waals surface area contributed by atoms with Crippen LogP contribution < -0.4 is 10.0 Å². The normalized spacial score (nSPS) is 21.1. The molecule has 2 aromatic rings. The average molecular weight is 270 g/mol. The first-order chi connectivity index (χ1) is 9.59. The van der Waals surface area contributed by atoms with Crippen molar-refractivity contribution in [2.24, 2.45) is 0 Å². The van der Waals surface area contributed by atoms with E-state index in [0.29, 0.717) is 6.54 Å².